The van der Waals surface area contributed by atoms with Crippen molar-refractivity contribution in [1.82, 2.24) is 14.9 Å². The highest BCUT2D eigenvalue weighted by Crippen LogP contribution is 2.23. The Labute approximate surface area is 128 Å². The third-order valence-corrected chi connectivity index (χ3v) is 3.98. The second-order valence-corrected chi connectivity index (χ2v) is 5.55. The highest BCUT2D eigenvalue weighted by atomic mass is 19.1. The molecule has 0 aliphatic carbocycles. The summed E-state index contributed by atoms with van der Waals surface area (Å²) in [5.74, 6) is 0.555. The first-order valence-corrected chi connectivity index (χ1v) is 7.40. The minimum atomic E-state index is -0.219. The van der Waals surface area contributed by atoms with Crippen LogP contribution in [0.5, 0.6) is 0 Å². The first kappa shape index (κ1) is 14.6. The molecule has 0 bridgehead atoms. The van der Waals surface area contributed by atoms with Crippen LogP contribution in [-0.4, -0.2) is 34.6 Å². The molecule has 3 rings (SSSR count). The van der Waals surface area contributed by atoms with Crippen LogP contribution in [0.4, 0.5) is 10.1 Å². The molecule has 0 spiro atoms. The summed E-state index contributed by atoms with van der Waals surface area (Å²) in [7, 11) is 0. The number of rotatable bonds is 4. The molecule has 1 aliphatic heterocycles. The van der Waals surface area contributed by atoms with Crippen LogP contribution in [0.15, 0.2) is 36.7 Å². The van der Waals surface area contributed by atoms with Gasteiger partial charge in [0.25, 0.3) is 0 Å². The number of nitrogens with one attached hydrogen (secondary N) is 1. The largest absolute Gasteiger partial charge is 0.367 e. The molecule has 1 N–H and O–H groups in total. The molecule has 0 radical (unpaired) electrons. The Bertz CT molecular complexity index is 670. The Hall–Kier alpha value is -2.37. The zero-order chi connectivity index (χ0) is 15.5. The molecular formula is C16H19FN4O. The van der Waals surface area contributed by atoms with Gasteiger partial charge in [-0.3, -0.25) is 4.79 Å². The van der Waals surface area contributed by atoms with Crippen molar-refractivity contribution in [2.24, 2.45) is 0 Å². The van der Waals surface area contributed by atoms with E-state index in [-0.39, 0.29) is 24.3 Å². The Kier molecular flexibility index (Phi) is 4.09. The van der Waals surface area contributed by atoms with E-state index in [1.54, 1.807) is 29.1 Å². The molecule has 1 amide bonds. The number of benzene rings is 1. The molecule has 2 heterocycles. The molecule has 1 saturated heterocycles. The second kappa shape index (κ2) is 6.17. The topological polar surface area (TPSA) is 50.2 Å². The van der Waals surface area contributed by atoms with Crippen molar-refractivity contribution in [1.29, 1.82) is 0 Å². The van der Waals surface area contributed by atoms with E-state index in [0.717, 1.165) is 18.8 Å². The van der Waals surface area contributed by atoms with Gasteiger partial charge in [-0.2, -0.15) is 0 Å². The zero-order valence-electron chi connectivity index (χ0n) is 12.5. The molecule has 1 unspecified atom stereocenters. The first-order chi connectivity index (χ1) is 10.6. The molecule has 2 aromatic rings. The summed E-state index contributed by atoms with van der Waals surface area (Å²) in [6.07, 6.45) is 4.29. The van der Waals surface area contributed by atoms with E-state index in [0.29, 0.717) is 12.2 Å². The van der Waals surface area contributed by atoms with Crippen LogP contribution in [0.25, 0.3) is 0 Å². The predicted molar refractivity (Wildman–Crippen MR) is 82.1 cm³/mol. The van der Waals surface area contributed by atoms with E-state index >= 15 is 0 Å². The van der Waals surface area contributed by atoms with E-state index in [2.05, 4.69) is 10.3 Å². The van der Waals surface area contributed by atoms with Gasteiger partial charge in [-0.25, -0.2) is 9.37 Å². The molecule has 6 heteroatoms. The molecule has 22 heavy (non-hydrogen) atoms. The first-order valence-electron chi connectivity index (χ1n) is 7.40. The summed E-state index contributed by atoms with van der Waals surface area (Å²) >= 11 is 0. The number of hydrogen-bond acceptors (Lipinski definition) is 3. The zero-order valence-corrected chi connectivity index (χ0v) is 12.5. The van der Waals surface area contributed by atoms with Crippen molar-refractivity contribution in [3.8, 4) is 0 Å². The van der Waals surface area contributed by atoms with Crippen molar-refractivity contribution in [3.63, 3.8) is 0 Å². The average molecular weight is 302 g/mol. The maximum Gasteiger partial charge on any atom is 0.240 e. The standard InChI is InChI=1S/C16H19FN4O/c1-12-18-7-9-20(12)11-16(22)19-13-6-8-21(10-13)15-5-3-2-4-14(15)17/h2-5,7,9,13H,6,8,10-11H2,1H3,(H,19,22). The van der Waals surface area contributed by atoms with Crippen molar-refractivity contribution < 1.29 is 9.18 Å². The van der Waals surface area contributed by atoms with Gasteiger partial charge < -0.3 is 14.8 Å². The predicted octanol–water partition coefficient (Wildman–Crippen LogP) is 1.73. The van der Waals surface area contributed by atoms with Crippen LogP contribution in [0, 0.1) is 12.7 Å². The molecule has 116 valence electrons. The third kappa shape index (κ3) is 3.10. The summed E-state index contributed by atoms with van der Waals surface area (Å²) in [5, 5.41) is 3.01. The van der Waals surface area contributed by atoms with Crippen LogP contribution in [0.2, 0.25) is 0 Å². The molecule has 1 atom stereocenters. The number of aromatic nitrogens is 2. The minimum Gasteiger partial charge on any atom is -0.367 e. The summed E-state index contributed by atoms with van der Waals surface area (Å²) in [5.41, 5.74) is 0.602. The summed E-state index contributed by atoms with van der Waals surface area (Å²) in [4.78, 5) is 18.1. The number of hydrogen-bond donors (Lipinski definition) is 1. The monoisotopic (exact) mass is 302 g/mol. The summed E-state index contributed by atoms with van der Waals surface area (Å²) < 4.78 is 15.6. The lowest BCUT2D eigenvalue weighted by Crippen LogP contribution is -2.39. The van der Waals surface area contributed by atoms with E-state index in [4.69, 9.17) is 0 Å². The van der Waals surface area contributed by atoms with Gasteiger partial charge in [0.1, 0.15) is 18.2 Å². The summed E-state index contributed by atoms with van der Waals surface area (Å²) in [6, 6.07) is 6.79. The second-order valence-electron chi connectivity index (χ2n) is 5.55. The van der Waals surface area contributed by atoms with E-state index < -0.39 is 0 Å². The average Bonchev–Trinajstić information content (AvgIpc) is 3.10. The Balaban J connectivity index is 1.56. The number of amides is 1. The van der Waals surface area contributed by atoms with Gasteiger partial charge in [-0.15, -0.1) is 0 Å². The van der Waals surface area contributed by atoms with Crippen LogP contribution in [0.1, 0.15) is 12.2 Å². The van der Waals surface area contributed by atoms with Gasteiger partial charge in [0, 0.05) is 31.5 Å². The van der Waals surface area contributed by atoms with Gasteiger partial charge in [0.05, 0.1) is 5.69 Å². The SMILES string of the molecule is Cc1nccn1CC(=O)NC1CCN(c2ccccc2F)C1. The van der Waals surface area contributed by atoms with E-state index in [1.165, 1.54) is 6.07 Å². The summed E-state index contributed by atoms with van der Waals surface area (Å²) in [6.45, 7) is 3.51. The number of anilines is 1. The van der Waals surface area contributed by atoms with Gasteiger partial charge in [0.15, 0.2) is 0 Å². The van der Waals surface area contributed by atoms with E-state index in [1.807, 2.05) is 17.9 Å². The molecule has 5 nitrogen and oxygen atoms in total. The Morgan fingerprint density at radius 1 is 1.45 bits per heavy atom. The number of para-hydroxylation sites is 1. The maximum atomic E-state index is 13.8. The van der Waals surface area contributed by atoms with Gasteiger partial charge >= 0.3 is 0 Å². The van der Waals surface area contributed by atoms with Crippen LogP contribution in [0.3, 0.4) is 0 Å². The Morgan fingerprint density at radius 3 is 3.00 bits per heavy atom. The number of nitrogens with zero attached hydrogens (tertiary/aromatic N) is 3. The molecular weight excluding hydrogens is 283 g/mol. The quantitative estimate of drug-likeness (QED) is 0.935. The highest BCUT2D eigenvalue weighted by Gasteiger charge is 2.25. The normalized spacial score (nSPS) is 17.7. The van der Waals surface area contributed by atoms with Crippen LogP contribution >= 0.6 is 0 Å². The van der Waals surface area contributed by atoms with Crippen LogP contribution in [-0.2, 0) is 11.3 Å². The lowest BCUT2D eigenvalue weighted by atomic mass is 10.2. The number of aryl methyl sites for hydroxylation is 1. The lowest BCUT2D eigenvalue weighted by Gasteiger charge is -2.19. The lowest BCUT2D eigenvalue weighted by molar-refractivity contribution is -0.122. The molecule has 1 aromatic carbocycles. The maximum absolute atomic E-state index is 13.8. The van der Waals surface area contributed by atoms with Gasteiger partial charge in [0.2, 0.25) is 5.91 Å². The molecule has 1 aliphatic rings. The fraction of sp³-hybridized carbons (Fsp3) is 0.375. The van der Waals surface area contributed by atoms with Crippen molar-refractivity contribution >= 4 is 11.6 Å². The van der Waals surface area contributed by atoms with E-state index in [9.17, 15) is 9.18 Å². The minimum absolute atomic E-state index is 0.0403. The number of halogens is 1. The molecule has 1 fully saturated rings. The van der Waals surface area contributed by atoms with Gasteiger partial charge in [-0.1, -0.05) is 12.1 Å². The number of carbonyl (C=O) groups excluding carboxylic acids is 1. The Morgan fingerprint density at radius 2 is 2.27 bits per heavy atom. The third-order valence-electron chi connectivity index (χ3n) is 3.98. The smallest absolute Gasteiger partial charge is 0.240 e. The molecule has 0 saturated carbocycles. The fourth-order valence-electron chi connectivity index (χ4n) is 2.80. The molecule has 1 aromatic heterocycles. The van der Waals surface area contributed by atoms with Crippen molar-refractivity contribution in [3.05, 3.63) is 48.3 Å². The number of imidazole rings is 1. The van der Waals surface area contributed by atoms with Crippen molar-refractivity contribution in [2.75, 3.05) is 18.0 Å². The van der Waals surface area contributed by atoms with Crippen LogP contribution < -0.4 is 10.2 Å². The van der Waals surface area contributed by atoms with Gasteiger partial charge in [-0.05, 0) is 25.5 Å². The van der Waals surface area contributed by atoms with Crippen molar-refractivity contribution in [2.45, 2.75) is 25.9 Å². The highest BCUT2D eigenvalue weighted by molar-refractivity contribution is 5.76. The number of carbonyl (C=O) groups is 1. The fourth-order valence-corrected chi connectivity index (χ4v) is 2.80.